The fourth-order valence-corrected chi connectivity index (χ4v) is 6.25. The highest BCUT2D eigenvalue weighted by atomic mass is 35.5. The third-order valence-corrected chi connectivity index (χ3v) is 8.01. The monoisotopic (exact) mass is 386 g/mol. The number of hydrogen-bond donors (Lipinski definition) is 2. The van der Waals surface area contributed by atoms with E-state index >= 15 is 0 Å². The molecule has 1 heterocycles. The lowest BCUT2D eigenvalue weighted by Gasteiger charge is -2.30. The summed E-state index contributed by atoms with van der Waals surface area (Å²) in [4.78, 5) is 13.3. The van der Waals surface area contributed by atoms with Crippen molar-refractivity contribution in [2.24, 2.45) is 0 Å². The molecule has 25 heavy (non-hydrogen) atoms. The van der Waals surface area contributed by atoms with E-state index in [9.17, 15) is 13.2 Å². The molecule has 0 bridgehead atoms. The van der Waals surface area contributed by atoms with Gasteiger partial charge in [-0.1, -0.05) is 25.0 Å². The van der Waals surface area contributed by atoms with Gasteiger partial charge in [-0.3, -0.25) is 4.79 Å². The molecule has 7 heteroatoms. The average Bonchev–Trinajstić information content (AvgIpc) is 3.21. The summed E-state index contributed by atoms with van der Waals surface area (Å²) in [6.45, 7) is 5.25. The molecule has 1 amide bonds. The number of carbonyl (C=O) groups is 1. The van der Waals surface area contributed by atoms with E-state index in [1.807, 2.05) is 19.1 Å². The van der Waals surface area contributed by atoms with Crippen molar-refractivity contribution in [3.05, 3.63) is 29.3 Å². The van der Waals surface area contributed by atoms with Crippen LogP contribution in [0.1, 0.15) is 43.2 Å². The van der Waals surface area contributed by atoms with Crippen LogP contribution in [0.15, 0.2) is 23.1 Å². The molecule has 1 saturated carbocycles. The third-order valence-electron chi connectivity index (χ3n) is 5.37. The normalized spacial score (nSPS) is 22.4. The van der Waals surface area contributed by atoms with Crippen molar-refractivity contribution in [3.8, 4) is 0 Å². The quantitative estimate of drug-likeness (QED) is 0.832. The van der Waals surface area contributed by atoms with Crippen molar-refractivity contribution in [1.29, 1.82) is 0 Å². The second kappa shape index (κ2) is 7.64. The van der Waals surface area contributed by atoms with E-state index in [4.69, 9.17) is 0 Å². The summed E-state index contributed by atoms with van der Waals surface area (Å²) in [5.74, 6) is -0.311. The number of halogens is 1. The fraction of sp³-hybridized carbons (Fsp3) is 0.611. The molecular weight excluding hydrogens is 360 g/mol. The molecule has 2 N–H and O–H groups in total. The van der Waals surface area contributed by atoms with Crippen LogP contribution < -0.4 is 10.6 Å². The van der Waals surface area contributed by atoms with Crippen molar-refractivity contribution in [2.45, 2.75) is 61.6 Å². The van der Waals surface area contributed by atoms with E-state index < -0.39 is 14.6 Å². The van der Waals surface area contributed by atoms with Gasteiger partial charge in [-0.05, 0) is 56.8 Å². The summed E-state index contributed by atoms with van der Waals surface area (Å²) >= 11 is 0. The van der Waals surface area contributed by atoms with Crippen LogP contribution >= 0.6 is 12.4 Å². The standard InChI is InChI=1S/C18H26N2O3S.ClH/c1-13-5-6-14(2)16(11-13)24(22,23)18(8-3-4-9-18)17(21)20-15-7-10-19-12-15;/h5-6,11,15,19H,3-4,7-10,12H2,1-2H3,(H,20,21);1H. The molecule has 1 atom stereocenters. The predicted octanol–water partition coefficient (Wildman–Crippen LogP) is 2.29. The summed E-state index contributed by atoms with van der Waals surface area (Å²) in [7, 11) is -3.73. The summed E-state index contributed by atoms with van der Waals surface area (Å²) in [5.41, 5.74) is 1.61. The van der Waals surface area contributed by atoms with E-state index in [2.05, 4.69) is 10.6 Å². The highest BCUT2D eigenvalue weighted by Gasteiger charge is 2.53. The van der Waals surface area contributed by atoms with Gasteiger partial charge in [0.15, 0.2) is 14.6 Å². The molecule has 1 saturated heterocycles. The predicted molar refractivity (Wildman–Crippen MR) is 101 cm³/mol. The maximum Gasteiger partial charge on any atom is 0.242 e. The SMILES string of the molecule is Cc1ccc(C)c(S(=O)(=O)C2(C(=O)NC3CCNC3)CCCC2)c1.Cl. The maximum absolute atomic E-state index is 13.5. The molecular formula is C18H27ClN2O3S. The van der Waals surface area contributed by atoms with E-state index in [0.717, 1.165) is 31.4 Å². The molecule has 1 aliphatic heterocycles. The van der Waals surface area contributed by atoms with Gasteiger partial charge in [0, 0.05) is 12.6 Å². The van der Waals surface area contributed by atoms with Crippen molar-refractivity contribution in [2.75, 3.05) is 13.1 Å². The Bertz CT molecular complexity index is 737. The van der Waals surface area contributed by atoms with Crippen molar-refractivity contribution in [3.63, 3.8) is 0 Å². The number of rotatable bonds is 4. The Hall–Kier alpha value is -1.11. The second-order valence-corrected chi connectivity index (χ2v) is 9.37. The zero-order valence-corrected chi connectivity index (χ0v) is 16.4. The largest absolute Gasteiger partial charge is 0.351 e. The number of sulfone groups is 1. The van der Waals surface area contributed by atoms with Gasteiger partial charge in [0.05, 0.1) is 4.90 Å². The molecule has 0 spiro atoms. The van der Waals surface area contributed by atoms with Crippen LogP contribution in [0.2, 0.25) is 0 Å². The van der Waals surface area contributed by atoms with Crippen molar-refractivity contribution in [1.82, 2.24) is 10.6 Å². The van der Waals surface area contributed by atoms with Crippen LogP contribution in [-0.4, -0.2) is 38.2 Å². The Labute approximate surface area is 156 Å². The minimum absolute atomic E-state index is 0. The van der Waals surface area contributed by atoms with E-state index in [1.54, 1.807) is 13.0 Å². The Morgan fingerprint density at radius 2 is 1.92 bits per heavy atom. The van der Waals surface area contributed by atoms with E-state index in [1.165, 1.54) is 0 Å². The molecule has 0 aromatic heterocycles. The smallest absolute Gasteiger partial charge is 0.242 e. The molecule has 1 aliphatic carbocycles. The molecule has 3 rings (SSSR count). The van der Waals surface area contributed by atoms with Crippen LogP contribution in [0, 0.1) is 13.8 Å². The van der Waals surface area contributed by atoms with Crippen molar-refractivity contribution < 1.29 is 13.2 Å². The first-order chi connectivity index (χ1) is 11.4. The topological polar surface area (TPSA) is 75.3 Å². The lowest BCUT2D eigenvalue weighted by molar-refractivity contribution is -0.124. The average molecular weight is 387 g/mol. The fourth-order valence-electron chi connectivity index (χ4n) is 3.87. The van der Waals surface area contributed by atoms with Crippen molar-refractivity contribution >= 4 is 28.2 Å². The Kier molecular flexibility index (Phi) is 6.17. The summed E-state index contributed by atoms with van der Waals surface area (Å²) in [6.07, 6.45) is 3.23. The molecule has 0 radical (unpaired) electrons. The number of nitrogens with one attached hydrogen (secondary N) is 2. The lowest BCUT2D eigenvalue weighted by Crippen LogP contribution is -2.53. The summed E-state index contributed by atoms with van der Waals surface area (Å²) in [6, 6.07) is 5.46. The Balaban J connectivity index is 0.00000225. The van der Waals surface area contributed by atoms with E-state index in [-0.39, 0.29) is 24.4 Å². The first-order valence-corrected chi connectivity index (χ1v) is 10.2. The van der Waals surface area contributed by atoms with E-state index in [0.29, 0.717) is 29.8 Å². The highest BCUT2D eigenvalue weighted by molar-refractivity contribution is 7.93. The van der Waals surface area contributed by atoms with Gasteiger partial charge < -0.3 is 10.6 Å². The Morgan fingerprint density at radius 3 is 2.52 bits per heavy atom. The summed E-state index contributed by atoms with van der Waals surface area (Å²) in [5, 5.41) is 6.19. The molecule has 140 valence electrons. The number of hydrogen-bond acceptors (Lipinski definition) is 4. The third kappa shape index (κ3) is 3.57. The number of aryl methyl sites for hydroxylation is 2. The van der Waals surface area contributed by atoms with Crippen LogP contribution in [-0.2, 0) is 14.6 Å². The molecule has 1 unspecified atom stereocenters. The van der Waals surface area contributed by atoms with Crippen LogP contribution in [0.3, 0.4) is 0 Å². The van der Waals surface area contributed by atoms with Crippen LogP contribution in [0.25, 0.3) is 0 Å². The molecule has 1 aromatic rings. The minimum Gasteiger partial charge on any atom is -0.351 e. The van der Waals surface area contributed by atoms with Gasteiger partial charge in [0.25, 0.3) is 0 Å². The second-order valence-electron chi connectivity index (χ2n) is 7.14. The number of amides is 1. The lowest BCUT2D eigenvalue weighted by atomic mass is 10.1. The first kappa shape index (κ1) is 20.2. The van der Waals surface area contributed by atoms with Gasteiger partial charge in [-0.15, -0.1) is 12.4 Å². The summed E-state index contributed by atoms with van der Waals surface area (Å²) < 4.78 is 25.6. The zero-order chi connectivity index (χ0) is 17.4. The molecule has 1 aromatic carbocycles. The number of carbonyl (C=O) groups excluding carboxylic acids is 1. The Morgan fingerprint density at radius 1 is 1.24 bits per heavy atom. The molecule has 2 fully saturated rings. The first-order valence-electron chi connectivity index (χ1n) is 8.70. The highest BCUT2D eigenvalue weighted by Crippen LogP contribution is 2.42. The van der Waals surface area contributed by atoms with Gasteiger partial charge in [0.2, 0.25) is 5.91 Å². The molecule has 5 nitrogen and oxygen atoms in total. The maximum atomic E-state index is 13.5. The van der Waals surface area contributed by atoms with Crippen LogP contribution in [0.5, 0.6) is 0 Å². The van der Waals surface area contributed by atoms with Gasteiger partial charge in [-0.2, -0.15) is 0 Å². The van der Waals surface area contributed by atoms with Gasteiger partial charge >= 0.3 is 0 Å². The van der Waals surface area contributed by atoms with Crippen LogP contribution in [0.4, 0.5) is 0 Å². The zero-order valence-electron chi connectivity index (χ0n) is 14.8. The van der Waals surface area contributed by atoms with Gasteiger partial charge in [0.1, 0.15) is 0 Å². The number of benzene rings is 1. The van der Waals surface area contributed by atoms with Gasteiger partial charge in [-0.25, -0.2) is 8.42 Å². The minimum atomic E-state index is -3.73. The molecule has 2 aliphatic rings.